The lowest BCUT2D eigenvalue weighted by Crippen LogP contribution is -2.44. The van der Waals surface area contributed by atoms with Crippen LogP contribution < -0.4 is 20.5 Å². The van der Waals surface area contributed by atoms with Gasteiger partial charge >= 0.3 is 0 Å². The van der Waals surface area contributed by atoms with Crippen molar-refractivity contribution in [1.29, 1.82) is 0 Å². The number of rotatable bonds is 6. The fourth-order valence-electron chi connectivity index (χ4n) is 5.54. The highest BCUT2D eigenvalue weighted by molar-refractivity contribution is 6.31. The van der Waals surface area contributed by atoms with Gasteiger partial charge in [-0.2, -0.15) is 0 Å². The summed E-state index contributed by atoms with van der Waals surface area (Å²) in [6.45, 7) is 0.505. The van der Waals surface area contributed by atoms with E-state index in [1.807, 2.05) is 17.0 Å². The SMILES string of the molecule is NC1CCC(N(Cc2cc(NC(=O)C3CCCCC3)ccc2Cl)C(=O)c2ccc3c(c2)OCO3)CC1. The summed E-state index contributed by atoms with van der Waals surface area (Å²) < 4.78 is 10.9. The number of amides is 2. The number of hydrogen-bond donors (Lipinski definition) is 2. The van der Waals surface area contributed by atoms with Crippen LogP contribution in [-0.2, 0) is 11.3 Å². The highest BCUT2D eigenvalue weighted by Gasteiger charge is 2.30. The third kappa shape index (κ3) is 5.62. The molecule has 1 heterocycles. The monoisotopic (exact) mass is 511 g/mol. The minimum absolute atomic E-state index is 0.0549. The molecule has 2 aromatic carbocycles. The van der Waals surface area contributed by atoms with Crippen molar-refractivity contribution in [1.82, 2.24) is 4.90 Å². The number of ether oxygens (including phenoxy) is 2. The van der Waals surface area contributed by atoms with Gasteiger partial charge < -0.3 is 25.4 Å². The van der Waals surface area contributed by atoms with Crippen LogP contribution in [0.15, 0.2) is 36.4 Å². The Hall–Kier alpha value is -2.77. The van der Waals surface area contributed by atoms with Crippen molar-refractivity contribution in [3.8, 4) is 11.5 Å². The average Bonchev–Trinajstić information content (AvgIpc) is 3.38. The second-order valence-corrected chi connectivity index (χ2v) is 10.6. The molecule has 5 rings (SSSR count). The number of anilines is 1. The highest BCUT2D eigenvalue weighted by atomic mass is 35.5. The number of nitrogens with two attached hydrogens (primary N) is 1. The van der Waals surface area contributed by atoms with Gasteiger partial charge in [0.1, 0.15) is 0 Å². The Labute approximate surface area is 217 Å². The van der Waals surface area contributed by atoms with E-state index in [4.69, 9.17) is 26.8 Å². The number of fused-ring (bicyclic) bond motifs is 1. The zero-order valence-corrected chi connectivity index (χ0v) is 21.3. The van der Waals surface area contributed by atoms with Crippen molar-refractivity contribution in [3.05, 3.63) is 52.5 Å². The van der Waals surface area contributed by atoms with Crippen molar-refractivity contribution in [2.75, 3.05) is 12.1 Å². The fraction of sp³-hybridized carbons (Fsp3) is 0.500. The molecule has 0 radical (unpaired) electrons. The topological polar surface area (TPSA) is 93.9 Å². The number of nitrogens with one attached hydrogen (secondary N) is 1. The summed E-state index contributed by atoms with van der Waals surface area (Å²) in [7, 11) is 0. The molecule has 3 aliphatic rings. The molecule has 2 aromatic rings. The van der Waals surface area contributed by atoms with Gasteiger partial charge in [-0.05, 0) is 80.5 Å². The van der Waals surface area contributed by atoms with Crippen molar-refractivity contribution >= 4 is 29.1 Å². The summed E-state index contributed by atoms with van der Waals surface area (Å²) in [5, 5.41) is 3.65. The number of nitrogens with zero attached hydrogens (tertiary/aromatic N) is 1. The first-order valence-corrected chi connectivity index (χ1v) is 13.4. The first kappa shape index (κ1) is 24.9. The van der Waals surface area contributed by atoms with E-state index in [-0.39, 0.29) is 36.6 Å². The Morgan fingerprint density at radius 2 is 1.69 bits per heavy atom. The van der Waals surface area contributed by atoms with E-state index in [1.54, 1.807) is 24.3 Å². The zero-order valence-electron chi connectivity index (χ0n) is 20.5. The van der Waals surface area contributed by atoms with E-state index in [0.717, 1.165) is 56.9 Å². The summed E-state index contributed by atoms with van der Waals surface area (Å²) in [5.74, 6) is 1.27. The maximum Gasteiger partial charge on any atom is 0.254 e. The lowest BCUT2D eigenvalue weighted by Gasteiger charge is -2.36. The average molecular weight is 512 g/mol. The Balaban J connectivity index is 1.37. The molecule has 8 heteroatoms. The zero-order chi connectivity index (χ0) is 25.1. The Bertz CT molecular complexity index is 1110. The molecule has 192 valence electrons. The van der Waals surface area contributed by atoms with Gasteiger partial charge in [0.15, 0.2) is 11.5 Å². The van der Waals surface area contributed by atoms with E-state index in [9.17, 15) is 9.59 Å². The molecule has 2 fully saturated rings. The standard InChI is InChI=1S/C28H34ClN3O4/c29-24-12-9-22(31-27(33)18-4-2-1-3-5-18)14-20(24)16-32(23-10-7-21(30)8-11-23)28(34)19-6-13-25-26(15-19)36-17-35-25/h6,9,12-15,18,21,23H,1-5,7-8,10-11,16-17,30H2,(H,31,33). The molecule has 0 saturated heterocycles. The van der Waals surface area contributed by atoms with E-state index >= 15 is 0 Å². The Kier molecular flexibility index (Phi) is 7.67. The number of benzene rings is 2. The first-order valence-electron chi connectivity index (χ1n) is 13.0. The van der Waals surface area contributed by atoms with Crippen LogP contribution in [0.4, 0.5) is 5.69 Å². The molecule has 0 aromatic heterocycles. The van der Waals surface area contributed by atoms with Crippen molar-refractivity contribution < 1.29 is 19.1 Å². The normalized spacial score (nSPS) is 21.7. The molecule has 2 amide bonds. The molecule has 2 aliphatic carbocycles. The predicted molar refractivity (Wildman–Crippen MR) is 139 cm³/mol. The molecule has 0 atom stereocenters. The maximum atomic E-state index is 13.8. The third-order valence-electron chi connectivity index (χ3n) is 7.69. The summed E-state index contributed by atoms with van der Waals surface area (Å²) in [6, 6.07) is 11.1. The summed E-state index contributed by atoms with van der Waals surface area (Å²) >= 11 is 6.61. The van der Waals surface area contributed by atoms with Gasteiger partial charge in [-0.3, -0.25) is 9.59 Å². The van der Waals surface area contributed by atoms with Crippen LogP contribution in [0.3, 0.4) is 0 Å². The summed E-state index contributed by atoms with van der Waals surface area (Å²) in [6.07, 6.45) is 8.72. The highest BCUT2D eigenvalue weighted by Crippen LogP contribution is 2.34. The van der Waals surface area contributed by atoms with E-state index in [0.29, 0.717) is 34.3 Å². The largest absolute Gasteiger partial charge is 0.454 e. The van der Waals surface area contributed by atoms with Gasteiger partial charge in [-0.1, -0.05) is 30.9 Å². The lowest BCUT2D eigenvalue weighted by atomic mass is 9.88. The maximum absolute atomic E-state index is 13.8. The van der Waals surface area contributed by atoms with Crippen molar-refractivity contribution in [2.24, 2.45) is 11.7 Å². The van der Waals surface area contributed by atoms with Crippen LogP contribution in [0.25, 0.3) is 0 Å². The molecular formula is C28H34ClN3O4. The Morgan fingerprint density at radius 1 is 0.944 bits per heavy atom. The molecule has 2 saturated carbocycles. The lowest BCUT2D eigenvalue weighted by molar-refractivity contribution is -0.120. The van der Waals surface area contributed by atoms with Crippen molar-refractivity contribution in [2.45, 2.75) is 76.4 Å². The van der Waals surface area contributed by atoms with Gasteiger partial charge in [0.2, 0.25) is 12.7 Å². The van der Waals surface area contributed by atoms with Crippen LogP contribution in [0.1, 0.15) is 73.7 Å². The van der Waals surface area contributed by atoms with Crippen LogP contribution in [-0.4, -0.2) is 35.6 Å². The smallest absolute Gasteiger partial charge is 0.254 e. The minimum Gasteiger partial charge on any atom is -0.454 e. The predicted octanol–water partition coefficient (Wildman–Crippen LogP) is 5.50. The number of halogens is 1. The molecule has 0 spiro atoms. The Morgan fingerprint density at radius 3 is 2.47 bits per heavy atom. The van der Waals surface area contributed by atoms with Gasteiger partial charge in [0.05, 0.1) is 0 Å². The molecule has 0 unspecified atom stereocenters. The van der Waals surface area contributed by atoms with Gasteiger partial charge in [0, 0.05) is 40.8 Å². The number of hydrogen-bond acceptors (Lipinski definition) is 5. The molecule has 3 N–H and O–H groups in total. The van der Waals surface area contributed by atoms with E-state index in [1.165, 1.54) is 6.42 Å². The molecule has 0 bridgehead atoms. The summed E-state index contributed by atoms with van der Waals surface area (Å²) in [4.78, 5) is 28.5. The number of carbonyl (C=O) groups is 2. The summed E-state index contributed by atoms with van der Waals surface area (Å²) in [5.41, 5.74) is 8.22. The van der Waals surface area contributed by atoms with Gasteiger partial charge in [-0.15, -0.1) is 0 Å². The molecule has 36 heavy (non-hydrogen) atoms. The van der Waals surface area contributed by atoms with E-state index in [2.05, 4.69) is 5.32 Å². The van der Waals surface area contributed by atoms with Crippen LogP contribution >= 0.6 is 11.6 Å². The van der Waals surface area contributed by atoms with E-state index < -0.39 is 0 Å². The molecule has 7 nitrogen and oxygen atoms in total. The molecule has 1 aliphatic heterocycles. The van der Waals surface area contributed by atoms with Gasteiger partial charge in [0.25, 0.3) is 5.91 Å². The quantitative estimate of drug-likeness (QED) is 0.534. The van der Waals surface area contributed by atoms with Crippen LogP contribution in [0.2, 0.25) is 5.02 Å². The van der Waals surface area contributed by atoms with Crippen LogP contribution in [0.5, 0.6) is 11.5 Å². The fourth-order valence-corrected chi connectivity index (χ4v) is 5.72. The number of carbonyl (C=O) groups excluding carboxylic acids is 2. The van der Waals surface area contributed by atoms with Gasteiger partial charge in [-0.25, -0.2) is 0 Å². The molecular weight excluding hydrogens is 478 g/mol. The van der Waals surface area contributed by atoms with Crippen LogP contribution in [0, 0.1) is 5.92 Å². The minimum atomic E-state index is -0.0820. The van der Waals surface area contributed by atoms with Crippen molar-refractivity contribution in [3.63, 3.8) is 0 Å². The second-order valence-electron chi connectivity index (χ2n) is 10.2. The first-order chi connectivity index (χ1) is 17.5. The third-order valence-corrected chi connectivity index (χ3v) is 8.06. The second kappa shape index (κ2) is 11.1.